The molecule has 2 amide bonds. The quantitative estimate of drug-likeness (QED) is 0.728. The van der Waals surface area contributed by atoms with E-state index in [0.29, 0.717) is 50.6 Å². The highest BCUT2D eigenvalue weighted by Gasteiger charge is 2.29. The summed E-state index contributed by atoms with van der Waals surface area (Å²) in [4.78, 5) is 27.9. The smallest absolute Gasteiger partial charge is 0.227 e. The number of rotatable bonds is 7. The molecule has 7 nitrogen and oxygen atoms in total. The average Bonchev–Trinajstić information content (AvgIpc) is 2.86. The molecule has 150 valence electrons. The summed E-state index contributed by atoms with van der Waals surface area (Å²) in [6.45, 7) is 3.59. The van der Waals surface area contributed by atoms with E-state index >= 15 is 0 Å². The van der Waals surface area contributed by atoms with Crippen molar-refractivity contribution >= 4 is 11.8 Å². The predicted octanol–water partition coefficient (Wildman–Crippen LogP) is 1.51. The maximum atomic E-state index is 12.8. The van der Waals surface area contributed by atoms with Gasteiger partial charge in [0.15, 0.2) is 11.5 Å². The first-order chi connectivity index (χ1) is 12.9. The summed E-state index contributed by atoms with van der Waals surface area (Å²) < 4.78 is 11.0. The van der Waals surface area contributed by atoms with Crippen LogP contribution in [0.25, 0.3) is 0 Å². The van der Waals surface area contributed by atoms with Crippen molar-refractivity contribution in [3.05, 3.63) is 24.3 Å². The van der Waals surface area contributed by atoms with E-state index in [4.69, 9.17) is 15.2 Å². The van der Waals surface area contributed by atoms with Crippen LogP contribution in [0.3, 0.4) is 0 Å². The number of nitrogens with zero attached hydrogens (tertiary/aromatic N) is 2. The Bertz CT molecular complexity index is 637. The number of carbonyl (C=O) groups excluding carboxylic acids is 2. The van der Waals surface area contributed by atoms with Crippen LogP contribution in [-0.2, 0) is 9.59 Å². The second-order valence-corrected chi connectivity index (χ2v) is 7.07. The lowest BCUT2D eigenvalue weighted by atomic mass is 10.0. The standard InChI is InChI=1S/C20H31N3O4/c1-15(24)23-13-16(9-10-17(21)14-23)20(25)22(2)11-6-12-27-19-8-5-4-7-18(19)26-3/h4-5,7-8,16-17H,6,9-14,21H2,1-3H3/t16-,17+/m1/s1. The Hall–Kier alpha value is -2.28. The zero-order valence-corrected chi connectivity index (χ0v) is 16.5. The van der Waals surface area contributed by atoms with Gasteiger partial charge >= 0.3 is 0 Å². The van der Waals surface area contributed by atoms with E-state index in [1.54, 1.807) is 24.0 Å². The van der Waals surface area contributed by atoms with E-state index in [2.05, 4.69) is 0 Å². The molecule has 0 aromatic heterocycles. The van der Waals surface area contributed by atoms with E-state index in [9.17, 15) is 9.59 Å². The number of hydrogen-bond acceptors (Lipinski definition) is 5. The molecular formula is C20H31N3O4. The maximum absolute atomic E-state index is 12.8. The van der Waals surface area contributed by atoms with Gasteiger partial charge in [0.1, 0.15) is 0 Å². The van der Waals surface area contributed by atoms with Crippen LogP contribution in [0.1, 0.15) is 26.2 Å². The molecule has 1 heterocycles. The van der Waals surface area contributed by atoms with E-state index in [-0.39, 0.29) is 23.8 Å². The molecule has 1 saturated heterocycles. The van der Waals surface area contributed by atoms with Crippen molar-refractivity contribution in [2.75, 3.05) is 40.4 Å². The maximum Gasteiger partial charge on any atom is 0.227 e. The summed E-state index contributed by atoms with van der Waals surface area (Å²) in [7, 11) is 3.41. The third-order valence-electron chi connectivity index (χ3n) is 4.92. The summed E-state index contributed by atoms with van der Waals surface area (Å²) in [5.41, 5.74) is 6.03. The number of benzene rings is 1. The minimum atomic E-state index is -0.192. The van der Waals surface area contributed by atoms with Gasteiger partial charge < -0.3 is 25.0 Å². The molecule has 1 aliphatic rings. The van der Waals surface area contributed by atoms with E-state index in [0.717, 1.165) is 6.42 Å². The van der Waals surface area contributed by atoms with Crippen molar-refractivity contribution in [2.45, 2.75) is 32.2 Å². The highest BCUT2D eigenvalue weighted by molar-refractivity contribution is 5.80. The molecule has 2 atom stereocenters. The van der Waals surface area contributed by atoms with Gasteiger partial charge in [-0.1, -0.05) is 12.1 Å². The predicted molar refractivity (Wildman–Crippen MR) is 104 cm³/mol. The van der Waals surface area contributed by atoms with Crippen molar-refractivity contribution in [1.82, 2.24) is 9.80 Å². The molecule has 0 aliphatic carbocycles. The second-order valence-electron chi connectivity index (χ2n) is 7.07. The number of carbonyl (C=O) groups is 2. The molecule has 0 bridgehead atoms. The molecule has 27 heavy (non-hydrogen) atoms. The van der Waals surface area contributed by atoms with Crippen LogP contribution in [0.4, 0.5) is 0 Å². The molecule has 2 rings (SSSR count). The minimum Gasteiger partial charge on any atom is -0.493 e. The van der Waals surface area contributed by atoms with Crippen LogP contribution >= 0.6 is 0 Å². The molecule has 1 aliphatic heterocycles. The van der Waals surface area contributed by atoms with Crippen LogP contribution in [0.5, 0.6) is 11.5 Å². The Labute approximate surface area is 161 Å². The monoisotopic (exact) mass is 377 g/mol. The highest BCUT2D eigenvalue weighted by atomic mass is 16.5. The van der Waals surface area contributed by atoms with Crippen LogP contribution in [0.15, 0.2) is 24.3 Å². The normalized spacial score (nSPS) is 19.9. The Morgan fingerprint density at radius 3 is 2.59 bits per heavy atom. The first-order valence-corrected chi connectivity index (χ1v) is 9.44. The Kier molecular flexibility index (Phi) is 7.91. The molecule has 0 unspecified atom stereocenters. The summed E-state index contributed by atoms with van der Waals surface area (Å²) in [6, 6.07) is 7.43. The lowest BCUT2D eigenvalue weighted by molar-refractivity contribution is -0.136. The minimum absolute atomic E-state index is 0.0296. The van der Waals surface area contributed by atoms with Crippen molar-refractivity contribution in [3.63, 3.8) is 0 Å². The van der Waals surface area contributed by atoms with Gasteiger partial charge in [0.25, 0.3) is 0 Å². The van der Waals surface area contributed by atoms with Crippen molar-refractivity contribution in [2.24, 2.45) is 11.7 Å². The van der Waals surface area contributed by atoms with Gasteiger partial charge in [0, 0.05) is 39.6 Å². The Morgan fingerprint density at radius 1 is 1.22 bits per heavy atom. The number of methoxy groups -OCH3 is 1. The number of likely N-dealkylation sites (tertiary alicyclic amines) is 1. The molecule has 1 fully saturated rings. The van der Waals surface area contributed by atoms with Crippen LogP contribution in [0, 0.1) is 5.92 Å². The third kappa shape index (κ3) is 6.13. The first-order valence-electron chi connectivity index (χ1n) is 9.44. The SMILES string of the molecule is COc1ccccc1OCCCN(C)C(=O)[C@@H]1CC[C@H](N)CN(C(C)=O)C1. The molecule has 0 saturated carbocycles. The molecule has 2 N–H and O–H groups in total. The molecule has 7 heteroatoms. The zero-order chi connectivity index (χ0) is 19.8. The number of ether oxygens (including phenoxy) is 2. The zero-order valence-electron chi connectivity index (χ0n) is 16.5. The number of para-hydroxylation sites is 2. The highest BCUT2D eigenvalue weighted by Crippen LogP contribution is 2.25. The van der Waals surface area contributed by atoms with Crippen molar-refractivity contribution in [3.8, 4) is 11.5 Å². The topological polar surface area (TPSA) is 85.1 Å². The second kappa shape index (κ2) is 10.2. The Balaban J connectivity index is 1.81. The van der Waals surface area contributed by atoms with Gasteiger partial charge in [-0.15, -0.1) is 0 Å². The lowest BCUT2D eigenvalue weighted by Gasteiger charge is -2.27. The van der Waals surface area contributed by atoms with Crippen LogP contribution in [0.2, 0.25) is 0 Å². The number of nitrogens with two attached hydrogens (primary N) is 1. The fraction of sp³-hybridized carbons (Fsp3) is 0.600. The van der Waals surface area contributed by atoms with Gasteiger partial charge in [0.05, 0.1) is 19.6 Å². The van der Waals surface area contributed by atoms with Crippen LogP contribution in [-0.4, -0.2) is 68.1 Å². The number of hydrogen-bond donors (Lipinski definition) is 1. The average molecular weight is 377 g/mol. The first kappa shape index (κ1) is 21.0. The largest absolute Gasteiger partial charge is 0.493 e. The summed E-state index contributed by atoms with van der Waals surface area (Å²) in [5, 5.41) is 0. The van der Waals surface area contributed by atoms with Crippen LogP contribution < -0.4 is 15.2 Å². The van der Waals surface area contributed by atoms with E-state index in [1.165, 1.54) is 6.92 Å². The van der Waals surface area contributed by atoms with Gasteiger partial charge in [-0.25, -0.2) is 0 Å². The molecule has 0 spiro atoms. The van der Waals surface area contributed by atoms with Gasteiger partial charge in [0.2, 0.25) is 11.8 Å². The summed E-state index contributed by atoms with van der Waals surface area (Å²) in [6.07, 6.45) is 2.18. The third-order valence-corrected chi connectivity index (χ3v) is 4.92. The van der Waals surface area contributed by atoms with E-state index < -0.39 is 0 Å². The molecule has 1 aromatic carbocycles. The van der Waals surface area contributed by atoms with Crippen molar-refractivity contribution < 1.29 is 19.1 Å². The fourth-order valence-electron chi connectivity index (χ4n) is 3.32. The summed E-state index contributed by atoms with van der Waals surface area (Å²) >= 11 is 0. The number of amides is 2. The Morgan fingerprint density at radius 2 is 1.93 bits per heavy atom. The summed E-state index contributed by atoms with van der Waals surface area (Å²) in [5.74, 6) is 1.23. The van der Waals surface area contributed by atoms with Gasteiger partial charge in [-0.05, 0) is 31.4 Å². The van der Waals surface area contributed by atoms with E-state index in [1.807, 2.05) is 24.3 Å². The molecule has 1 aromatic rings. The molecule has 0 radical (unpaired) electrons. The van der Waals surface area contributed by atoms with Crippen molar-refractivity contribution in [1.29, 1.82) is 0 Å². The fourth-order valence-corrected chi connectivity index (χ4v) is 3.32. The molecular weight excluding hydrogens is 346 g/mol. The lowest BCUT2D eigenvalue weighted by Crippen LogP contribution is -2.42. The van der Waals surface area contributed by atoms with Gasteiger partial charge in [-0.3, -0.25) is 9.59 Å². The van der Waals surface area contributed by atoms with Gasteiger partial charge in [-0.2, -0.15) is 0 Å².